The number of amidine groups is 1. The van der Waals surface area contributed by atoms with Crippen LogP contribution in [-0.4, -0.2) is 22.4 Å². The third-order valence-electron chi connectivity index (χ3n) is 4.15. The first-order chi connectivity index (χ1) is 11.8. The molecule has 1 aromatic heterocycles. The van der Waals surface area contributed by atoms with E-state index in [2.05, 4.69) is 65.8 Å². The molecule has 1 aliphatic rings. The van der Waals surface area contributed by atoms with Crippen LogP contribution in [0.2, 0.25) is 0 Å². The number of thioether (sulfide) groups is 1. The Morgan fingerprint density at radius 1 is 1.04 bits per heavy atom. The number of hydrogen-bond donors (Lipinski definition) is 1. The second kappa shape index (κ2) is 6.65. The van der Waals surface area contributed by atoms with E-state index in [0.717, 1.165) is 39.9 Å². The number of para-hydroxylation sites is 1. The fraction of sp³-hybridized carbons (Fsp3) is 0.200. The molecule has 3 nitrogen and oxygen atoms in total. The van der Waals surface area contributed by atoms with Gasteiger partial charge in [-0.05, 0) is 43.2 Å². The van der Waals surface area contributed by atoms with Gasteiger partial charge in [-0.1, -0.05) is 42.1 Å². The molecule has 3 aromatic rings. The van der Waals surface area contributed by atoms with Crippen LogP contribution in [0.5, 0.6) is 0 Å². The van der Waals surface area contributed by atoms with E-state index in [9.17, 15) is 0 Å². The van der Waals surface area contributed by atoms with Crippen molar-refractivity contribution >= 4 is 33.5 Å². The lowest BCUT2D eigenvalue weighted by molar-refractivity contribution is 0.938. The summed E-state index contributed by atoms with van der Waals surface area (Å²) in [4.78, 5) is 9.31. The van der Waals surface area contributed by atoms with Gasteiger partial charge in [0.15, 0.2) is 5.17 Å². The number of aryl methyl sites for hydroxylation is 1. The van der Waals surface area contributed by atoms with Crippen LogP contribution < -0.4 is 5.32 Å². The zero-order valence-electron chi connectivity index (χ0n) is 13.6. The molecule has 2 heterocycles. The number of nitrogens with zero attached hydrogens (tertiary/aromatic N) is 2. The van der Waals surface area contributed by atoms with Crippen molar-refractivity contribution in [3.63, 3.8) is 0 Å². The lowest BCUT2D eigenvalue weighted by Crippen LogP contribution is -2.13. The molecule has 0 saturated heterocycles. The number of hydrogen-bond acceptors (Lipinski definition) is 4. The summed E-state index contributed by atoms with van der Waals surface area (Å²) < 4.78 is 0. The third kappa shape index (κ3) is 3.15. The van der Waals surface area contributed by atoms with E-state index < -0.39 is 0 Å². The van der Waals surface area contributed by atoms with Crippen molar-refractivity contribution in [2.45, 2.75) is 13.3 Å². The van der Waals surface area contributed by atoms with Crippen molar-refractivity contribution < 1.29 is 0 Å². The van der Waals surface area contributed by atoms with E-state index in [4.69, 9.17) is 4.98 Å². The van der Waals surface area contributed by atoms with Crippen LogP contribution in [0.25, 0.3) is 22.2 Å². The molecule has 2 aromatic carbocycles. The average molecular weight is 333 g/mol. The van der Waals surface area contributed by atoms with Gasteiger partial charge >= 0.3 is 0 Å². The first kappa shape index (κ1) is 15.2. The van der Waals surface area contributed by atoms with Crippen LogP contribution in [0, 0.1) is 6.92 Å². The average Bonchev–Trinajstić information content (AvgIpc) is 2.63. The summed E-state index contributed by atoms with van der Waals surface area (Å²) in [6.07, 6.45) is 1.17. The molecule has 0 saturated carbocycles. The zero-order chi connectivity index (χ0) is 16.4. The molecular formula is C20H19N3S. The van der Waals surface area contributed by atoms with Gasteiger partial charge in [-0.25, -0.2) is 4.98 Å². The Bertz CT molecular complexity index is 900. The molecule has 4 rings (SSSR count). The Hall–Kier alpha value is -2.33. The Balaban J connectivity index is 1.61. The molecule has 24 heavy (non-hydrogen) atoms. The molecule has 0 radical (unpaired) electrons. The van der Waals surface area contributed by atoms with Gasteiger partial charge in [-0.15, -0.1) is 0 Å². The SMILES string of the molecule is Cc1cc(-c2ccc(NC3=NCCCS3)cc2)nc2ccccc12. The Morgan fingerprint density at radius 2 is 1.88 bits per heavy atom. The molecule has 0 atom stereocenters. The molecule has 0 fully saturated rings. The van der Waals surface area contributed by atoms with Gasteiger partial charge in [0.25, 0.3) is 0 Å². The highest BCUT2D eigenvalue weighted by atomic mass is 32.2. The largest absolute Gasteiger partial charge is 0.335 e. The van der Waals surface area contributed by atoms with Gasteiger partial charge in [-0.2, -0.15) is 0 Å². The Morgan fingerprint density at radius 3 is 2.67 bits per heavy atom. The van der Waals surface area contributed by atoms with E-state index in [1.54, 1.807) is 11.8 Å². The first-order valence-electron chi connectivity index (χ1n) is 8.21. The van der Waals surface area contributed by atoms with Gasteiger partial charge < -0.3 is 5.32 Å². The van der Waals surface area contributed by atoms with Crippen molar-refractivity contribution in [3.05, 3.63) is 60.2 Å². The summed E-state index contributed by atoms with van der Waals surface area (Å²) in [5, 5.41) is 5.63. The van der Waals surface area contributed by atoms with Gasteiger partial charge in [0, 0.05) is 28.9 Å². The Kier molecular flexibility index (Phi) is 4.22. The van der Waals surface area contributed by atoms with Crippen LogP contribution in [0.3, 0.4) is 0 Å². The lowest BCUT2D eigenvalue weighted by Gasteiger charge is -2.13. The Labute approximate surface area is 146 Å². The van der Waals surface area contributed by atoms with Crippen molar-refractivity contribution in [2.75, 3.05) is 17.6 Å². The first-order valence-corrected chi connectivity index (χ1v) is 9.19. The molecule has 0 amide bonds. The number of pyridine rings is 1. The summed E-state index contributed by atoms with van der Waals surface area (Å²) in [6, 6.07) is 18.9. The highest BCUT2D eigenvalue weighted by molar-refractivity contribution is 8.14. The smallest absolute Gasteiger partial charge is 0.161 e. The molecule has 0 bridgehead atoms. The molecule has 0 aliphatic carbocycles. The van der Waals surface area contributed by atoms with Crippen molar-refractivity contribution in [3.8, 4) is 11.3 Å². The maximum absolute atomic E-state index is 4.80. The van der Waals surface area contributed by atoms with Crippen LogP contribution in [0.15, 0.2) is 59.6 Å². The molecule has 1 aliphatic heterocycles. The van der Waals surface area contributed by atoms with Crippen LogP contribution in [0.1, 0.15) is 12.0 Å². The quantitative estimate of drug-likeness (QED) is 0.707. The number of benzene rings is 2. The minimum absolute atomic E-state index is 0.924. The van der Waals surface area contributed by atoms with E-state index in [-0.39, 0.29) is 0 Å². The van der Waals surface area contributed by atoms with Gasteiger partial charge in [0.2, 0.25) is 0 Å². The topological polar surface area (TPSA) is 37.3 Å². The van der Waals surface area contributed by atoms with Gasteiger partial charge in [-0.3, -0.25) is 4.99 Å². The van der Waals surface area contributed by atoms with Crippen LogP contribution >= 0.6 is 11.8 Å². The number of nitrogens with one attached hydrogen (secondary N) is 1. The van der Waals surface area contributed by atoms with Crippen molar-refractivity contribution in [1.29, 1.82) is 0 Å². The van der Waals surface area contributed by atoms with E-state index in [1.165, 1.54) is 17.4 Å². The molecule has 4 heteroatoms. The van der Waals surface area contributed by atoms with E-state index in [1.807, 2.05) is 6.07 Å². The maximum atomic E-state index is 4.80. The highest BCUT2D eigenvalue weighted by Crippen LogP contribution is 2.26. The fourth-order valence-corrected chi connectivity index (χ4v) is 3.72. The van der Waals surface area contributed by atoms with E-state index >= 15 is 0 Å². The van der Waals surface area contributed by atoms with Crippen LogP contribution in [0.4, 0.5) is 5.69 Å². The van der Waals surface area contributed by atoms with Gasteiger partial charge in [0.1, 0.15) is 0 Å². The van der Waals surface area contributed by atoms with Crippen molar-refractivity contribution in [1.82, 2.24) is 4.98 Å². The second-order valence-electron chi connectivity index (χ2n) is 5.93. The summed E-state index contributed by atoms with van der Waals surface area (Å²) >= 11 is 1.79. The maximum Gasteiger partial charge on any atom is 0.161 e. The highest BCUT2D eigenvalue weighted by Gasteiger charge is 2.07. The molecule has 1 N–H and O–H groups in total. The summed E-state index contributed by atoms with van der Waals surface area (Å²) in [6.45, 7) is 3.07. The standard InChI is InChI=1S/C20H19N3S/c1-14-13-19(23-18-6-3-2-5-17(14)18)15-7-9-16(10-8-15)22-20-21-11-4-12-24-20/h2-3,5-10,13H,4,11-12H2,1H3,(H,21,22). The van der Waals surface area contributed by atoms with Crippen LogP contribution in [-0.2, 0) is 0 Å². The predicted octanol–water partition coefficient (Wildman–Crippen LogP) is 5.12. The summed E-state index contributed by atoms with van der Waals surface area (Å²) in [5.41, 5.74) is 5.52. The number of rotatable bonds is 2. The second-order valence-corrected chi connectivity index (χ2v) is 7.02. The molecule has 120 valence electrons. The minimum atomic E-state index is 0.924. The lowest BCUT2D eigenvalue weighted by atomic mass is 10.0. The number of fused-ring (bicyclic) bond motifs is 1. The summed E-state index contributed by atoms with van der Waals surface area (Å²) in [5.74, 6) is 1.14. The normalized spacial score (nSPS) is 14.5. The number of aliphatic imine (C=N–C) groups is 1. The number of anilines is 1. The fourth-order valence-electron chi connectivity index (χ4n) is 2.88. The molecular weight excluding hydrogens is 314 g/mol. The summed E-state index contributed by atoms with van der Waals surface area (Å²) in [7, 11) is 0. The predicted molar refractivity (Wildman–Crippen MR) is 105 cm³/mol. The van der Waals surface area contributed by atoms with E-state index in [0.29, 0.717) is 0 Å². The molecule has 0 unspecified atom stereocenters. The monoisotopic (exact) mass is 333 g/mol. The van der Waals surface area contributed by atoms with Gasteiger partial charge in [0.05, 0.1) is 11.2 Å². The minimum Gasteiger partial charge on any atom is -0.335 e. The zero-order valence-corrected chi connectivity index (χ0v) is 14.4. The number of aromatic nitrogens is 1. The molecule has 0 spiro atoms. The third-order valence-corrected chi connectivity index (χ3v) is 5.15. The van der Waals surface area contributed by atoms with Crippen molar-refractivity contribution in [2.24, 2.45) is 4.99 Å².